The second kappa shape index (κ2) is 8.43. The van der Waals surface area contributed by atoms with Gasteiger partial charge in [0.2, 0.25) is 0 Å². The first-order valence-electron chi connectivity index (χ1n) is 8.90. The highest BCUT2D eigenvalue weighted by Crippen LogP contribution is 2.33. The smallest absolute Gasteiger partial charge is 0.414 e. The van der Waals surface area contributed by atoms with Crippen LogP contribution in [0.25, 0.3) is 11.3 Å². The Morgan fingerprint density at radius 1 is 1.12 bits per heavy atom. The number of hydrogen-bond acceptors (Lipinski definition) is 4. The van der Waals surface area contributed by atoms with E-state index in [1.54, 1.807) is 17.3 Å². The zero-order chi connectivity index (χ0) is 18.4. The number of unbranched alkanes of at least 4 members (excludes halogenated alkanes) is 1. The van der Waals surface area contributed by atoms with Crippen molar-refractivity contribution in [1.82, 2.24) is 9.88 Å². The van der Waals surface area contributed by atoms with Gasteiger partial charge >= 0.3 is 6.09 Å². The van der Waals surface area contributed by atoms with Crippen LogP contribution in [0.2, 0.25) is 0 Å². The van der Waals surface area contributed by atoms with Crippen molar-refractivity contribution >= 4 is 23.1 Å². The van der Waals surface area contributed by atoms with Crippen molar-refractivity contribution in [2.24, 2.45) is 0 Å². The molecule has 1 aliphatic heterocycles. The molecule has 5 heteroatoms. The third-order valence-electron chi connectivity index (χ3n) is 4.32. The van der Waals surface area contributed by atoms with E-state index in [1.165, 1.54) is 0 Å². The molecule has 2 heterocycles. The molecule has 1 amide bonds. The van der Waals surface area contributed by atoms with Gasteiger partial charge in [0, 0.05) is 30.0 Å². The van der Waals surface area contributed by atoms with E-state index in [0.29, 0.717) is 30.8 Å². The first kappa shape index (κ1) is 17.9. The van der Waals surface area contributed by atoms with E-state index in [2.05, 4.69) is 11.9 Å². The lowest BCUT2D eigenvalue weighted by atomic mass is 9.93. The largest absolute Gasteiger partial charge is 0.447 e. The Morgan fingerprint density at radius 2 is 1.85 bits per heavy atom. The van der Waals surface area contributed by atoms with Gasteiger partial charge in [0.1, 0.15) is 6.61 Å². The van der Waals surface area contributed by atoms with E-state index in [-0.39, 0.29) is 5.78 Å². The van der Waals surface area contributed by atoms with Crippen molar-refractivity contribution < 1.29 is 14.3 Å². The maximum absolute atomic E-state index is 13.1. The Kier molecular flexibility index (Phi) is 5.79. The number of carbonyl (C=O) groups excluding carboxylic acids is 2. The highest BCUT2D eigenvalue weighted by molar-refractivity contribution is 6.28. The van der Waals surface area contributed by atoms with Gasteiger partial charge in [0.25, 0.3) is 0 Å². The van der Waals surface area contributed by atoms with Gasteiger partial charge in [-0.25, -0.2) is 4.79 Å². The molecule has 1 aromatic carbocycles. The molecule has 0 unspecified atom stereocenters. The molecule has 0 atom stereocenters. The van der Waals surface area contributed by atoms with Crippen LogP contribution in [0.15, 0.2) is 54.9 Å². The zero-order valence-corrected chi connectivity index (χ0v) is 14.9. The molecule has 0 saturated carbocycles. The molecule has 3 rings (SSSR count). The van der Waals surface area contributed by atoms with E-state index < -0.39 is 6.09 Å². The predicted octanol–water partition coefficient (Wildman–Crippen LogP) is 4.16. The number of allylic oxidation sites excluding steroid dienone is 1. The number of amides is 1. The van der Waals surface area contributed by atoms with Crippen LogP contribution < -0.4 is 0 Å². The third-order valence-corrected chi connectivity index (χ3v) is 4.32. The molecule has 1 fully saturated rings. The summed E-state index contributed by atoms with van der Waals surface area (Å²) in [7, 11) is 0. The molecule has 1 aliphatic rings. The van der Waals surface area contributed by atoms with Crippen LogP contribution in [0.5, 0.6) is 0 Å². The average Bonchev–Trinajstić information content (AvgIpc) is 3.11. The number of carbonyl (C=O) groups is 2. The van der Waals surface area contributed by atoms with Gasteiger partial charge in [-0.1, -0.05) is 43.7 Å². The van der Waals surface area contributed by atoms with E-state index in [1.807, 2.05) is 42.5 Å². The fourth-order valence-electron chi connectivity index (χ4n) is 3.04. The molecule has 5 nitrogen and oxygen atoms in total. The summed E-state index contributed by atoms with van der Waals surface area (Å²) in [5, 5.41) is 0. The zero-order valence-electron chi connectivity index (χ0n) is 14.9. The van der Waals surface area contributed by atoms with Gasteiger partial charge in [-0.3, -0.25) is 14.7 Å². The summed E-state index contributed by atoms with van der Waals surface area (Å²) in [6, 6.07) is 13.1. The average molecular weight is 350 g/mol. The second-order valence-corrected chi connectivity index (χ2v) is 6.12. The van der Waals surface area contributed by atoms with Crippen LogP contribution in [-0.2, 0) is 9.53 Å². The van der Waals surface area contributed by atoms with Gasteiger partial charge in [0.15, 0.2) is 5.78 Å². The molecule has 1 saturated heterocycles. The van der Waals surface area contributed by atoms with Crippen molar-refractivity contribution in [2.45, 2.75) is 26.2 Å². The Morgan fingerprint density at radius 3 is 2.46 bits per heavy atom. The van der Waals surface area contributed by atoms with Crippen LogP contribution in [0, 0.1) is 0 Å². The van der Waals surface area contributed by atoms with Gasteiger partial charge < -0.3 is 4.74 Å². The van der Waals surface area contributed by atoms with Crippen molar-refractivity contribution in [2.75, 3.05) is 13.2 Å². The van der Waals surface area contributed by atoms with Crippen LogP contribution in [-0.4, -0.2) is 34.9 Å². The molecule has 2 aromatic rings. The van der Waals surface area contributed by atoms with Crippen molar-refractivity contribution in [1.29, 1.82) is 0 Å². The van der Waals surface area contributed by atoms with Gasteiger partial charge in [-0.05, 0) is 24.1 Å². The molecule has 0 bridgehead atoms. The van der Waals surface area contributed by atoms with E-state index in [4.69, 9.17) is 4.74 Å². The third kappa shape index (κ3) is 3.82. The summed E-state index contributed by atoms with van der Waals surface area (Å²) in [6.07, 6.45) is 5.09. The number of nitrogens with zero attached hydrogens (tertiary/aromatic N) is 2. The number of cyclic esters (lactones) is 1. The lowest BCUT2D eigenvalue weighted by Gasteiger charge is -2.22. The van der Waals surface area contributed by atoms with Crippen molar-refractivity contribution in [3.8, 4) is 0 Å². The molecular formula is C21H22N2O3. The molecule has 0 aliphatic carbocycles. The lowest BCUT2D eigenvalue weighted by Crippen LogP contribution is -2.25. The van der Waals surface area contributed by atoms with Gasteiger partial charge in [-0.2, -0.15) is 0 Å². The van der Waals surface area contributed by atoms with Crippen LogP contribution in [0.3, 0.4) is 0 Å². The van der Waals surface area contributed by atoms with Crippen LogP contribution in [0.1, 0.15) is 37.3 Å². The number of benzene rings is 1. The number of pyridine rings is 1. The minimum absolute atomic E-state index is 0.0320. The van der Waals surface area contributed by atoms with E-state index >= 15 is 0 Å². The summed E-state index contributed by atoms with van der Waals surface area (Å²) in [4.78, 5) is 31.0. The lowest BCUT2D eigenvalue weighted by molar-refractivity contribution is -0.113. The number of ketones is 1. The number of rotatable bonds is 7. The minimum Gasteiger partial charge on any atom is -0.447 e. The molecule has 0 spiro atoms. The van der Waals surface area contributed by atoms with Crippen LogP contribution >= 0.6 is 0 Å². The Hall–Kier alpha value is -2.95. The summed E-state index contributed by atoms with van der Waals surface area (Å²) >= 11 is 0. The summed E-state index contributed by atoms with van der Waals surface area (Å²) < 4.78 is 5.14. The van der Waals surface area contributed by atoms with E-state index in [9.17, 15) is 9.59 Å². The fourth-order valence-corrected chi connectivity index (χ4v) is 3.04. The molecule has 0 N–H and O–H groups in total. The topological polar surface area (TPSA) is 59.5 Å². The molecule has 134 valence electrons. The number of ether oxygens (including phenoxy) is 1. The fraction of sp³-hybridized carbons (Fsp3) is 0.286. The SMILES string of the molecule is CCCCC(=O)/C(=C(\c1ccncc1)N1CCOC1=O)c1ccccc1. The highest BCUT2D eigenvalue weighted by Gasteiger charge is 2.31. The predicted molar refractivity (Wildman–Crippen MR) is 100 cm³/mol. The number of hydrogen-bond donors (Lipinski definition) is 0. The first-order valence-corrected chi connectivity index (χ1v) is 8.90. The molecule has 26 heavy (non-hydrogen) atoms. The Balaban J connectivity index is 2.21. The number of Topliss-reactive ketones (excluding diaryl/α,β-unsaturated/α-hetero) is 1. The Labute approximate surface area is 153 Å². The molecule has 1 aromatic heterocycles. The normalized spacial score (nSPS) is 14.8. The van der Waals surface area contributed by atoms with Crippen LogP contribution in [0.4, 0.5) is 4.79 Å². The molecule has 0 radical (unpaired) electrons. The van der Waals surface area contributed by atoms with Crippen molar-refractivity contribution in [3.63, 3.8) is 0 Å². The number of aromatic nitrogens is 1. The summed E-state index contributed by atoms with van der Waals surface area (Å²) in [6.45, 7) is 2.80. The quantitative estimate of drug-likeness (QED) is 0.704. The first-order chi connectivity index (χ1) is 12.7. The Bertz CT molecular complexity index is 801. The van der Waals surface area contributed by atoms with Crippen molar-refractivity contribution in [3.05, 3.63) is 66.0 Å². The maximum Gasteiger partial charge on any atom is 0.414 e. The summed E-state index contributed by atoms with van der Waals surface area (Å²) in [5.74, 6) is 0.0320. The minimum atomic E-state index is -0.423. The monoisotopic (exact) mass is 350 g/mol. The van der Waals surface area contributed by atoms with Gasteiger partial charge in [0.05, 0.1) is 12.2 Å². The summed E-state index contributed by atoms with van der Waals surface area (Å²) in [5.41, 5.74) is 2.74. The standard InChI is InChI=1S/C21H22N2O3/c1-2-3-9-18(24)19(16-7-5-4-6-8-16)20(17-10-12-22-13-11-17)23-14-15-26-21(23)25/h4-8,10-13H,2-3,9,14-15H2,1H3/b20-19+. The van der Waals surface area contributed by atoms with Gasteiger partial charge in [-0.15, -0.1) is 0 Å². The highest BCUT2D eigenvalue weighted by atomic mass is 16.6. The van der Waals surface area contributed by atoms with E-state index in [0.717, 1.165) is 24.0 Å². The second-order valence-electron chi connectivity index (χ2n) is 6.12. The maximum atomic E-state index is 13.1. The molecular weight excluding hydrogens is 328 g/mol.